The number of ether oxygens (including phenoxy) is 1. The van der Waals surface area contributed by atoms with Crippen LogP contribution >= 0.6 is 12.4 Å². The van der Waals surface area contributed by atoms with Crippen LogP contribution in [0, 0.1) is 0 Å². The lowest BCUT2D eigenvalue weighted by atomic mass is 9.98. The average Bonchev–Trinajstić information content (AvgIpc) is 2.96. The van der Waals surface area contributed by atoms with E-state index in [-0.39, 0.29) is 18.3 Å². The smallest absolute Gasteiger partial charge is 0.258 e. The Kier molecular flexibility index (Phi) is 6.16. The van der Waals surface area contributed by atoms with Crippen molar-refractivity contribution in [3.63, 3.8) is 0 Å². The Balaban J connectivity index is 0.00000208. The number of benzene rings is 1. The van der Waals surface area contributed by atoms with Gasteiger partial charge in [0.2, 0.25) is 5.95 Å². The third-order valence-electron chi connectivity index (χ3n) is 4.04. The van der Waals surface area contributed by atoms with Gasteiger partial charge in [-0.25, -0.2) is 4.68 Å². The van der Waals surface area contributed by atoms with Crippen molar-refractivity contribution < 1.29 is 9.53 Å². The Morgan fingerprint density at radius 2 is 2.12 bits per heavy atom. The normalized spacial score (nSPS) is 14.8. The Hall–Kier alpha value is -2.12. The fraction of sp³-hybridized carbons (Fsp3) is 0.438. The number of methoxy groups -OCH3 is 1. The summed E-state index contributed by atoms with van der Waals surface area (Å²) >= 11 is 0. The molecule has 7 nitrogen and oxygen atoms in total. The lowest BCUT2D eigenvalue weighted by Crippen LogP contribution is -2.27. The summed E-state index contributed by atoms with van der Waals surface area (Å²) in [5.41, 5.74) is 0.524. The quantitative estimate of drug-likeness (QED) is 0.880. The molecule has 1 amide bonds. The molecule has 0 unspecified atom stereocenters. The van der Waals surface area contributed by atoms with Crippen molar-refractivity contribution in [3.05, 3.63) is 35.7 Å². The number of carbonyl (C=O) groups is 1. The molecule has 1 aliphatic rings. The van der Waals surface area contributed by atoms with Gasteiger partial charge >= 0.3 is 0 Å². The van der Waals surface area contributed by atoms with Crippen LogP contribution in [-0.2, 0) is 7.05 Å². The molecule has 0 atom stereocenters. The van der Waals surface area contributed by atoms with E-state index in [1.165, 1.54) is 0 Å². The first-order valence-corrected chi connectivity index (χ1v) is 7.74. The van der Waals surface area contributed by atoms with E-state index in [0.717, 1.165) is 31.8 Å². The molecule has 0 aliphatic carbocycles. The van der Waals surface area contributed by atoms with Crippen molar-refractivity contribution in [2.45, 2.75) is 18.8 Å². The third-order valence-corrected chi connectivity index (χ3v) is 4.04. The minimum atomic E-state index is -0.226. The molecule has 0 bridgehead atoms. The molecule has 1 aromatic heterocycles. The first-order chi connectivity index (χ1) is 11.2. The summed E-state index contributed by atoms with van der Waals surface area (Å²) in [6.07, 6.45) is 2.04. The summed E-state index contributed by atoms with van der Waals surface area (Å²) in [4.78, 5) is 16.9. The van der Waals surface area contributed by atoms with Crippen LogP contribution in [0.2, 0.25) is 0 Å². The molecule has 0 radical (unpaired) electrons. The van der Waals surface area contributed by atoms with Crippen LogP contribution in [0.25, 0.3) is 0 Å². The molecule has 0 spiro atoms. The summed E-state index contributed by atoms with van der Waals surface area (Å²) in [7, 11) is 3.36. The van der Waals surface area contributed by atoms with Crippen LogP contribution in [0.1, 0.15) is 34.9 Å². The van der Waals surface area contributed by atoms with Crippen molar-refractivity contribution in [1.82, 2.24) is 20.1 Å². The van der Waals surface area contributed by atoms with Gasteiger partial charge in [0.1, 0.15) is 5.75 Å². The fourth-order valence-corrected chi connectivity index (χ4v) is 2.70. The number of rotatable bonds is 4. The first kappa shape index (κ1) is 18.2. The molecule has 2 N–H and O–H groups in total. The van der Waals surface area contributed by atoms with Crippen LogP contribution in [0.15, 0.2) is 24.3 Å². The SMILES string of the molecule is COc1cccc(C(=O)Nc2nc(C3CCNCC3)nn2C)c1.Cl. The Bertz CT molecular complexity index is 698. The van der Waals surface area contributed by atoms with E-state index >= 15 is 0 Å². The lowest BCUT2D eigenvalue weighted by molar-refractivity contribution is 0.102. The number of carbonyl (C=O) groups excluding carboxylic acids is 1. The summed E-state index contributed by atoms with van der Waals surface area (Å²) in [6, 6.07) is 7.01. The molecule has 8 heteroatoms. The average molecular weight is 352 g/mol. The molecule has 24 heavy (non-hydrogen) atoms. The maximum Gasteiger partial charge on any atom is 0.258 e. The minimum Gasteiger partial charge on any atom is -0.497 e. The van der Waals surface area contributed by atoms with E-state index in [2.05, 4.69) is 20.7 Å². The van der Waals surface area contributed by atoms with Crippen molar-refractivity contribution in [2.24, 2.45) is 7.05 Å². The molecule has 1 aliphatic heterocycles. The maximum atomic E-state index is 12.4. The Morgan fingerprint density at radius 3 is 2.83 bits per heavy atom. The van der Waals surface area contributed by atoms with Gasteiger partial charge in [-0.2, -0.15) is 10.1 Å². The molecule has 2 aromatic rings. The molecule has 2 heterocycles. The topological polar surface area (TPSA) is 81.1 Å². The highest BCUT2D eigenvalue weighted by molar-refractivity contribution is 6.03. The van der Waals surface area contributed by atoms with Crippen molar-refractivity contribution >= 4 is 24.3 Å². The van der Waals surface area contributed by atoms with Crippen LogP contribution in [0.5, 0.6) is 5.75 Å². The largest absolute Gasteiger partial charge is 0.497 e. The number of hydrogen-bond donors (Lipinski definition) is 2. The number of nitrogens with one attached hydrogen (secondary N) is 2. The van der Waals surface area contributed by atoms with Crippen LogP contribution in [-0.4, -0.2) is 40.9 Å². The van der Waals surface area contributed by atoms with Crippen molar-refractivity contribution in [3.8, 4) is 5.75 Å². The highest BCUT2D eigenvalue weighted by Gasteiger charge is 2.21. The maximum absolute atomic E-state index is 12.4. The van der Waals surface area contributed by atoms with Crippen LogP contribution in [0.3, 0.4) is 0 Å². The number of piperidine rings is 1. The number of aryl methyl sites for hydroxylation is 1. The zero-order valence-electron chi connectivity index (χ0n) is 13.8. The monoisotopic (exact) mass is 351 g/mol. The first-order valence-electron chi connectivity index (χ1n) is 7.74. The Labute approximate surface area is 147 Å². The molecular weight excluding hydrogens is 330 g/mol. The number of amides is 1. The van der Waals surface area contributed by atoms with Gasteiger partial charge in [-0.15, -0.1) is 12.4 Å². The molecule has 3 rings (SSSR count). The standard InChI is InChI=1S/C16H21N5O2.ClH/c1-21-16(18-14(20-21)11-6-8-17-9-7-11)19-15(22)12-4-3-5-13(10-12)23-2;/h3-5,10-11,17H,6-9H2,1-2H3,(H,18,19,20,22);1H. The van der Waals surface area contributed by atoms with Crippen molar-refractivity contribution in [2.75, 3.05) is 25.5 Å². The molecule has 1 saturated heterocycles. The zero-order valence-corrected chi connectivity index (χ0v) is 14.6. The predicted octanol–water partition coefficient (Wildman–Crippen LogP) is 1.96. The van der Waals surface area contributed by atoms with Gasteiger partial charge in [-0.1, -0.05) is 6.07 Å². The van der Waals surface area contributed by atoms with E-state index in [1.807, 2.05) is 0 Å². The Morgan fingerprint density at radius 1 is 1.38 bits per heavy atom. The molecule has 1 fully saturated rings. The number of anilines is 1. The van der Waals surface area contributed by atoms with E-state index in [1.54, 1.807) is 43.1 Å². The second kappa shape index (κ2) is 8.12. The summed E-state index contributed by atoms with van der Waals surface area (Å²) < 4.78 is 6.76. The summed E-state index contributed by atoms with van der Waals surface area (Å²) in [5.74, 6) is 2.04. The number of hydrogen-bond acceptors (Lipinski definition) is 5. The van der Waals surface area contributed by atoms with Gasteiger partial charge in [-0.3, -0.25) is 10.1 Å². The molecule has 130 valence electrons. The second-order valence-corrected chi connectivity index (χ2v) is 5.63. The number of nitrogens with zero attached hydrogens (tertiary/aromatic N) is 3. The highest BCUT2D eigenvalue weighted by Crippen LogP contribution is 2.23. The van der Waals surface area contributed by atoms with Crippen molar-refractivity contribution in [1.29, 1.82) is 0 Å². The van der Waals surface area contributed by atoms with E-state index in [9.17, 15) is 4.79 Å². The summed E-state index contributed by atoms with van der Waals surface area (Å²) in [6.45, 7) is 1.96. The van der Waals surface area contributed by atoms with Crippen LogP contribution < -0.4 is 15.4 Å². The zero-order chi connectivity index (χ0) is 16.2. The van der Waals surface area contributed by atoms with E-state index < -0.39 is 0 Å². The van der Waals surface area contributed by atoms with Crippen LogP contribution in [0.4, 0.5) is 5.95 Å². The minimum absolute atomic E-state index is 0. The lowest BCUT2D eigenvalue weighted by Gasteiger charge is -2.19. The van der Waals surface area contributed by atoms with E-state index in [4.69, 9.17) is 4.74 Å². The van der Waals surface area contributed by atoms with Gasteiger partial charge in [0.05, 0.1) is 7.11 Å². The summed E-state index contributed by atoms with van der Waals surface area (Å²) in [5, 5.41) is 10.6. The molecule has 0 saturated carbocycles. The van der Waals surface area contributed by atoms with Gasteiger partial charge < -0.3 is 10.1 Å². The predicted molar refractivity (Wildman–Crippen MR) is 94.0 cm³/mol. The number of halogens is 1. The molecule has 1 aromatic carbocycles. The fourth-order valence-electron chi connectivity index (χ4n) is 2.70. The van der Waals surface area contributed by atoms with Gasteiger partial charge in [-0.05, 0) is 44.1 Å². The highest BCUT2D eigenvalue weighted by atomic mass is 35.5. The van der Waals surface area contributed by atoms with E-state index in [0.29, 0.717) is 23.2 Å². The van der Waals surface area contributed by atoms with Gasteiger partial charge in [0.25, 0.3) is 5.91 Å². The number of aromatic nitrogens is 3. The van der Waals surface area contributed by atoms with Gasteiger partial charge in [0.15, 0.2) is 5.82 Å². The van der Waals surface area contributed by atoms with Gasteiger partial charge in [0, 0.05) is 18.5 Å². The second-order valence-electron chi connectivity index (χ2n) is 5.63. The molecular formula is C16H22ClN5O2. The third kappa shape index (κ3) is 4.04.